The lowest BCUT2D eigenvalue weighted by atomic mass is 10.1. The fourth-order valence-corrected chi connectivity index (χ4v) is 4.92. The van der Waals surface area contributed by atoms with Crippen LogP contribution in [0.4, 0.5) is 0 Å². The number of carboxylic acid groups (broad SMARTS) is 1. The van der Waals surface area contributed by atoms with Crippen molar-refractivity contribution in [2.45, 2.75) is 64.0 Å². The first kappa shape index (κ1) is 24.8. The monoisotopic (exact) mass is 414 g/mol. The molecule has 0 aliphatic carbocycles. The van der Waals surface area contributed by atoms with Gasteiger partial charge < -0.3 is 9.84 Å². The highest BCUT2D eigenvalue weighted by molar-refractivity contribution is 7.92. The summed E-state index contributed by atoms with van der Waals surface area (Å²) >= 11 is 0. The van der Waals surface area contributed by atoms with Crippen LogP contribution < -0.4 is 0 Å². The van der Waals surface area contributed by atoms with Crippen molar-refractivity contribution >= 4 is 31.6 Å². The molecule has 0 radical (unpaired) electrons. The quantitative estimate of drug-likeness (QED) is 0.315. The smallest absolute Gasteiger partial charge is 0.324 e. The van der Waals surface area contributed by atoms with E-state index in [9.17, 15) is 26.4 Å². The van der Waals surface area contributed by atoms with Gasteiger partial charge >= 0.3 is 11.9 Å². The number of carbonyl (C=O) groups is 2. The Balaban J connectivity index is 3.88. The zero-order chi connectivity index (χ0) is 20.2. The number of hydrogen-bond donors (Lipinski definition) is 1. The predicted octanol–water partition coefficient (Wildman–Crippen LogP) is 1.58. The number of rotatable bonds is 15. The molecular weight excluding hydrogens is 384 g/mol. The van der Waals surface area contributed by atoms with Crippen molar-refractivity contribution in [2.24, 2.45) is 0 Å². The van der Waals surface area contributed by atoms with E-state index in [1.54, 1.807) is 6.92 Å². The summed E-state index contributed by atoms with van der Waals surface area (Å²) in [5.74, 6) is -2.28. The average molecular weight is 415 g/mol. The highest BCUT2D eigenvalue weighted by atomic mass is 32.2. The molecule has 0 aromatic rings. The lowest BCUT2D eigenvalue weighted by molar-refractivity contribution is -0.142. The standard InChI is InChI=1S/C16H30O8S2/c1-3-24-16(19)14(2)26(22,23)12-9-7-5-4-6-8-11-25(20,21)13-10-15(17)18/h14H,3-13H2,1-2H3,(H,17,18). The molecule has 0 aromatic heterocycles. The van der Waals surface area contributed by atoms with E-state index in [2.05, 4.69) is 0 Å². The van der Waals surface area contributed by atoms with E-state index >= 15 is 0 Å². The molecule has 0 rings (SSSR count). The molecule has 0 saturated carbocycles. The van der Waals surface area contributed by atoms with E-state index in [0.717, 1.165) is 12.8 Å². The maximum absolute atomic E-state index is 12.0. The van der Waals surface area contributed by atoms with E-state index < -0.39 is 36.9 Å². The zero-order valence-electron chi connectivity index (χ0n) is 15.5. The van der Waals surface area contributed by atoms with Crippen LogP contribution in [0.1, 0.15) is 58.8 Å². The van der Waals surface area contributed by atoms with Gasteiger partial charge in [-0.15, -0.1) is 0 Å². The zero-order valence-corrected chi connectivity index (χ0v) is 17.1. The topological polar surface area (TPSA) is 132 Å². The second-order valence-electron chi connectivity index (χ2n) is 6.18. The van der Waals surface area contributed by atoms with Crippen molar-refractivity contribution in [3.05, 3.63) is 0 Å². The largest absolute Gasteiger partial charge is 0.481 e. The van der Waals surface area contributed by atoms with E-state index in [1.165, 1.54) is 6.92 Å². The third-order valence-corrected chi connectivity index (χ3v) is 7.78. The summed E-state index contributed by atoms with van der Waals surface area (Å²) in [7, 11) is -6.83. The first-order chi connectivity index (χ1) is 12.0. The fraction of sp³-hybridized carbons (Fsp3) is 0.875. The lowest BCUT2D eigenvalue weighted by Crippen LogP contribution is -2.31. The number of carbonyl (C=O) groups excluding carboxylic acids is 1. The van der Waals surface area contributed by atoms with Gasteiger partial charge in [-0.3, -0.25) is 9.59 Å². The van der Waals surface area contributed by atoms with E-state index in [0.29, 0.717) is 25.7 Å². The molecule has 0 fully saturated rings. The Morgan fingerprint density at radius 1 is 0.885 bits per heavy atom. The highest BCUT2D eigenvalue weighted by Crippen LogP contribution is 2.11. The molecule has 0 bridgehead atoms. The van der Waals surface area contributed by atoms with Gasteiger partial charge in [0.1, 0.15) is 0 Å². The van der Waals surface area contributed by atoms with Gasteiger partial charge in [0.2, 0.25) is 0 Å². The number of hydrogen-bond acceptors (Lipinski definition) is 7. The number of ether oxygens (including phenoxy) is 1. The van der Waals surface area contributed by atoms with Gasteiger partial charge in [0.05, 0.1) is 30.3 Å². The summed E-state index contributed by atoms with van der Waals surface area (Å²) in [5.41, 5.74) is 0. The van der Waals surface area contributed by atoms with Crippen molar-refractivity contribution < 1.29 is 36.3 Å². The summed E-state index contributed by atoms with van der Waals surface area (Å²) < 4.78 is 51.9. The van der Waals surface area contributed by atoms with E-state index in [4.69, 9.17) is 9.84 Å². The molecule has 0 saturated heterocycles. The Kier molecular flexibility index (Phi) is 11.7. The SMILES string of the molecule is CCOC(=O)C(C)S(=O)(=O)CCCCCCCCS(=O)(=O)CCC(=O)O. The van der Waals surface area contributed by atoms with Crippen LogP contribution in [-0.2, 0) is 34.0 Å². The Hall–Kier alpha value is -1.16. The first-order valence-electron chi connectivity index (χ1n) is 8.82. The molecule has 10 heteroatoms. The molecule has 1 unspecified atom stereocenters. The van der Waals surface area contributed by atoms with Crippen molar-refractivity contribution in [3.8, 4) is 0 Å². The van der Waals surface area contributed by atoms with Gasteiger partial charge in [-0.25, -0.2) is 16.8 Å². The Bertz CT molecular complexity index is 637. The Morgan fingerprint density at radius 3 is 1.88 bits per heavy atom. The number of unbranched alkanes of at least 4 members (excludes halogenated alkanes) is 5. The van der Waals surface area contributed by atoms with Crippen LogP contribution in [0.3, 0.4) is 0 Å². The third kappa shape index (κ3) is 11.5. The normalized spacial score (nSPS) is 13.3. The molecular formula is C16H30O8S2. The molecule has 8 nitrogen and oxygen atoms in total. The fourth-order valence-electron chi connectivity index (χ4n) is 2.26. The number of sulfone groups is 2. The summed E-state index contributed by atoms with van der Waals surface area (Å²) in [4.78, 5) is 21.9. The van der Waals surface area contributed by atoms with Crippen molar-refractivity contribution in [1.82, 2.24) is 0 Å². The summed E-state index contributed by atoms with van der Waals surface area (Å²) in [5, 5.41) is 7.33. The second-order valence-corrected chi connectivity index (χ2v) is 10.9. The average Bonchev–Trinajstić information content (AvgIpc) is 2.55. The van der Waals surface area contributed by atoms with Crippen LogP contribution in [0, 0.1) is 0 Å². The number of aliphatic carboxylic acids is 1. The van der Waals surface area contributed by atoms with Gasteiger partial charge in [0.15, 0.2) is 24.9 Å². The van der Waals surface area contributed by atoms with Gasteiger partial charge in [-0.1, -0.05) is 25.7 Å². The molecule has 154 valence electrons. The maximum atomic E-state index is 12.0. The van der Waals surface area contributed by atoms with E-state index in [1.807, 2.05) is 0 Å². The molecule has 0 aromatic carbocycles. The summed E-state index contributed by atoms with van der Waals surface area (Å²) in [6, 6.07) is 0. The molecule has 0 amide bonds. The second kappa shape index (κ2) is 12.3. The number of carboxylic acids is 1. The Morgan fingerprint density at radius 2 is 1.38 bits per heavy atom. The van der Waals surface area contributed by atoms with E-state index in [-0.39, 0.29) is 30.3 Å². The van der Waals surface area contributed by atoms with Crippen LogP contribution in [0.15, 0.2) is 0 Å². The van der Waals surface area contributed by atoms with Crippen LogP contribution in [0.2, 0.25) is 0 Å². The molecule has 0 spiro atoms. The van der Waals surface area contributed by atoms with Crippen molar-refractivity contribution in [3.63, 3.8) is 0 Å². The predicted molar refractivity (Wildman–Crippen MR) is 98.5 cm³/mol. The van der Waals surface area contributed by atoms with Gasteiger partial charge in [0.25, 0.3) is 0 Å². The van der Waals surface area contributed by atoms with Gasteiger partial charge in [0, 0.05) is 0 Å². The minimum absolute atomic E-state index is 0.0221. The molecule has 1 atom stereocenters. The van der Waals surface area contributed by atoms with Gasteiger partial charge in [-0.05, 0) is 26.7 Å². The first-order valence-corrected chi connectivity index (χ1v) is 12.4. The third-order valence-electron chi connectivity index (χ3n) is 3.92. The summed E-state index contributed by atoms with van der Waals surface area (Å²) in [6.07, 6.45) is 3.48. The maximum Gasteiger partial charge on any atom is 0.324 e. The molecule has 0 heterocycles. The molecule has 0 aliphatic rings. The van der Waals surface area contributed by atoms with Crippen molar-refractivity contribution in [1.29, 1.82) is 0 Å². The minimum atomic E-state index is -3.51. The molecule has 26 heavy (non-hydrogen) atoms. The summed E-state index contributed by atoms with van der Waals surface area (Å²) in [6.45, 7) is 3.09. The highest BCUT2D eigenvalue weighted by Gasteiger charge is 2.28. The lowest BCUT2D eigenvalue weighted by Gasteiger charge is -2.11. The van der Waals surface area contributed by atoms with Crippen LogP contribution in [0.25, 0.3) is 0 Å². The Labute approximate surface area is 156 Å². The number of esters is 1. The molecule has 1 N–H and O–H groups in total. The van der Waals surface area contributed by atoms with Gasteiger partial charge in [-0.2, -0.15) is 0 Å². The van der Waals surface area contributed by atoms with Crippen LogP contribution >= 0.6 is 0 Å². The van der Waals surface area contributed by atoms with Crippen LogP contribution in [0.5, 0.6) is 0 Å². The minimum Gasteiger partial charge on any atom is -0.481 e. The molecule has 0 aliphatic heterocycles. The van der Waals surface area contributed by atoms with Crippen LogP contribution in [-0.4, -0.2) is 63.0 Å². The van der Waals surface area contributed by atoms with Crippen molar-refractivity contribution in [2.75, 3.05) is 23.9 Å².